The van der Waals surface area contributed by atoms with Gasteiger partial charge in [-0.3, -0.25) is 0 Å². The Labute approximate surface area is 123 Å². The second-order valence-electron chi connectivity index (χ2n) is 4.57. The number of hydrogen-bond acceptors (Lipinski definition) is 3. The van der Waals surface area contributed by atoms with Crippen molar-refractivity contribution in [1.82, 2.24) is 4.98 Å². The minimum absolute atomic E-state index is 0.293. The smallest absolute Gasteiger partial charge is 0.355 e. The third-order valence-electron chi connectivity index (χ3n) is 3.04. The van der Waals surface area contributed by atoms with Gasteiger partial charge in [0, 0.05) is 11.8 Å². The van der Waals surface area contributed by atoms with E-state index in [2.05, 4.69) is 11.1 Å². The second-order valence-corrected chi connectivity index (χ2v) is 4.57. The summed E-state index contributed by atoms with van der Waals surface area (Å²) in [5, 5.41) is 9.12. The highest BCUT2D eigenvalue weighted by molar-refractivity contribution is 5.94. The van der Waals surface area contributed by atoms with Crippen LogP contribution < -0.4 is 0 Å². The minimum atomic E-state index is -0.456. The molecule has 0 bridgehead atoms. The Bertz CT molecular complexity index is 703. The first-order chi connectivity index (χ1) is 10.2. The monoisotopic (exact) mass is 280 g/mol. The van der Waals surface area contributed by atoms with Crippen LogP contribution in [0.3, 0.4) is 0 Å². The molecule has 2 aromatic rings. The first-order valence-electron chi connectivity index (χ1n) is 6.69. The Kier molecular flexibility index (Phi) is 4.57. The summed E-state index contributed by atoms with van der Waals surface area (Å²) in [5.74, 6) is -0.456. The Morgan fingerprint density at radius 2 is 2.05 bits per heavy atom. The van der Waals surface area contributed by atoms with Crippen LogP contribution in [0.15, 0.2) is 30.5 Å². The van der Waals surface area contributed by atoms with Gasteiger partial charge >= 0.3 is 5.97 Å². The number of aryl methyl sites for hydroxylation is 1. The molecule has 0 aliphatic rings. The summed E-state index contributed by atoms with van der Waals surface area (Å²) in [6.07, 6.45) is 5.14. The van der Waals surface area contributed by atoms with Crippen molar-refractivity contribution in [2.75, 3.05) is 6.61 Å². The predicted octanol–water partition coefficient (Wildman–Crippen LogP) is 3.54. The zero-order chi connectivity index (χ0) is 15.2. The molecule has 1 heterocycles. The number of nitrogens with zero attached hydrogens (tertiary/aromatic N) is 1. The quantitative estimate of drug-likeness (QED) is 0.871. The van der Waals surface area contributed by atoms with Crippen LogP contribution >= 0.6 is 0 Å². The van der Waals surface area contributed by atoms with Crippen molar-refractivity contribution in [2.45, 2.75) is 13.8 Å². The standard InChI is InChI=1S/C17H16N2O2/c1-3-21-17(20)16-15(14(10-18)11-19-16)9-8-13-6-4-12(2)5-7-13/h4-9,11,19H,3H2,1-2H3/b9-8+. The number of aromatic nitrogens is 1. The number of nitrogens with one attached hydrogen (secondary N) is 1. The molecule has 0 atom stereocenters. The van der Waals surface area contributed by atoms with Crippen molar-refractivity contribution in [3.63, 3.8) is 0 Å². The highest BCUT2D eigenvalue weighted by atomic mass is 16.5. The Morgan fingerprint density at radius 3 is 2.67 bits per heavy atom. The molecule has 0 fully saturated rings. The summed E-state index contributed by atoms with van der Waals surface area (Å²) in [7, 11) is 0. The van der Waals surface area contributed by atoms with E-state index in [1.165, 1.54) is 11.8 Å². The van der Waals surface area contributed by atoms with Crippen LogP contribution in [0.1, 0.15) is 39.7 Å². The van der Waals surface area contributed by atoms with Gasteiger partial charge in [0.05, 0.1) is 12.2 Å². The van der Waals surface area contributed by atoms with Gasteiger partial charge in [-0.25, -0.2) is 4.79 Å². The number of nitriles is 1. The minimum Gasteiger partial charge on any atom is -0.461 e. The van der Waals surface area contributed by atoms with E-state index in [4.69, 9.17) is 10.00 Å². The molecule has 1 aromatic carbocycles. The number of ether oxygens (including phenoxy) is 1. The van der Waals surface area contributed by atoms with Crippen molar-refractivity contribution in [1.29, 1.82) is 5.26 Å². The van der Waals surface area contributed by atoms with E-state index >= 15 is 0 Å². The molecule has 0 unspecified atom stereocenters. The number of rotatable bonds is 4. The number of H-pyrrole nitrogens is 1. The maximum atomic E-state index is 11.9. The normalized spacial score (nSPS) is 10.5. The fourth-order valence-corrected chi connectivity index (χ4v) is 1.93. The van der Waals surface area contributed by atoms with Gasteiger partial charge in [-0.15, -0.1) is 0 Å². The molecule has 1 N–H and O–H groups in total. The van der Waals surface area contributed by atoms with Gasteiger partial charge in [0.15, 0.2) is 0 Å². The second kappa shape index (κ2) is 6.58. The van der Waals surface area contributed by atoms with E-state index in [9.17, 15) is 4.79 Å². The van der Waals surface area contributed by atoms with Gasteiger partial charge in [0.1, 0.15) is 11.8 Å². The van der Waals surface area contributed by atoms with Crippen LogP contribution in [0.5, 0.6) is 0 Å². The van der Waals surface area contributed by atoms with Crippen LogP contribution in [-0.4, -0.2) is 17.6 Å². The molecule has 0 aliphatic carbocycles. The molecule has 0 spiro atoms. The number of aromatic amines is 1. The van der Waals surface area contributed by atoms with Crippen LogP contribution in [0.4, 0.5) is 0 Å². The summed E-state index contributed by atoms with van der Waals surface area (Å²) in [4.78, 5) is 14.7. The molecule has 4 nitrogen and oxygen atoms in total. The molecular formula is C17H16N2O2. The lowest BCUT2D eigenvalue weighted by molar-refractivity contribution is 0.0520. The molecule has 0 saturated heterocycles. The van der Waals surface area contributed by atoms with Crippen molar-refractivity contribution in [3.8, 4) is 6.07 Å². The SMILES string of the molecule is CCOC(=O)c1[nH]cc(C#N)c1/C=C/c1ccc(C)cc1. The topological polar surface area (TPSA) is 65.9 Å². The molecule has 0 aliphatic heterocycles. The predicted molar refractivity (Wildman–Crippen MR) is 81.6 cm³/mol. The van der Waals surface area contributed by atoms with Gasteiger partial charge in [0.2, 0.25) is 0 Å². The lowest BCUT2D eigenvalue weighted by Crippen LogP contribution is -2.06. The van der Waals surface area contributed by atoms with Crippen LogP contribution in [-0.2, 0) is 4.74 Å². The van der Waals surface area contributed by atoms with E-state index in [-0.39, 0.29) is 0 Å². The summed E-state index contributed by atoms with van der Waals surface area (Å²) in [6.45, 7) is 4.06. The van der Waals surface area contributed by atoms with E-state index < -0.39 is 5.97 Å². The molecular weight excluding hydrogens is 264 g/mol. The number of carbonyl (C=O) groups is 1. The third kappa shape index (κ3) is 3.40. The highest BCUT2D eigenvalue weighted by Crippen LogP contribution is 2.18. The van der Waals surface area contributed by atoms with Gasteiger partial charge < -0.3 is 9.72 Å². The lowest BCUT2D eigenvalue weighted by Gasteiger charge is -2.01. The first kappa shape index (κ1) is 14.6. The maximum absolute atomic E-state index is 11.9. The fourth-order valence-electron chi connectivity index (χ4n) is 1.93. The molecule has 2 rings (SSSR count). The van der Waals surface area contributed by atoms with E-state index in [1.54, 1.807) is 13.0 Å². The molecule has 0 radical (unpaired) electrons. The number of benzene rings is 1. The Balaban J connectivity index is 2.34. The Hall–Kier alpha value is -2.80. The summed E-state index contributed by atoms with van der Waals surface area (Å²) in [6, 6.07) is 10.0. The number of esters is 1. The van der Waals surface area contributed by atoms with Crippen LogP contribution in [0, 0.1) is 18.3 Å². The van der Waals surface area contributed by atoms with Gasteiger partial charge in [-0.1, -0.05) is 42.0 Å². The molecule has 21 heavy (non-hydrogen) atoms. The first-order valence-corrected chi connectivity index (χ1v) is 6.69. The average molecular weight is 280 g/mol. The molecule has 0 amide bonds. The zero-order valence-corrected chi connectivity index (χ0v) is 12.0. The maximum Gasteiger partial charge on any atom is 0.355 e. The van der Waals surface area contributed by atoms with E-state index in [0.29, 0.717) is 23.4 Å². The summed E-state index contributed by atoms with van der Waals surface area (Å²) >= 11 is 0. The Morgan fingerprint density at radius 1 is 1.33 bits per heavy atom. The summed E-state index contributed by atoms with van der Waals surface area (Å²) in [5.41, 5.74) is 3.45. The van der Waals surface area contributed by atoms with Gasteiger partial charge in [-0.05, 0) is 19.4 Å². The van der Waals surface area contributed by atoms with Gasteiger partial charge in [-0.2, -0.15) is 5.26 Å². The van der Waals surface area contributed by atoms with Crippen molar-refractivity contribution < 1.29 is 9.53 Å². The molecule has 1 aromatic heterocycles. The molecule has 4 heteroatoms. The van der Waals surface area contributed by atoms with Crippen molar-refractivity contribution in [2.24, 2.45) is 0 Å². The van der Waals surface area contributed by atoms with E-state index in [1.807, 2.05) is 37.3 Å². The lowest BCUT2D eigenvalue weighted by atomic mass is 10.1. The average Bonchev–Trinajstić information content (AvgIpc) is 2.90. The zero-order valence-electron chi connectivity index (χ0n) is 12.0. The number of carbonyl (C=O) groups excluding carboxylic acids is 1. The van der Waals surface area contributed by atoms with Crippen molar-refractivity contribution in [3.05, 3.63) is 58.4 Å². The molecule has 0 saturated carbocycles. The fraction of sp³-hybridized carbons (Fsp3) is 0.176. The van der Waals surface area contributed by atoms with Gasteiger partial charge in [0.25, 0.3) is 0 Å². The third-order valence-corrected chi connectivity index (χ3v) is 3.04. The summed E-state index contributed by atoms with van der Waals surface area (Å²) < 4.78 is 4.98. The number of hydrogen-bond donors (Lipinski definition) is 1. The van der Waals surface area contributed by atoms with E-state index in [0.717, 1.165) is 5.56 Å². The molecule has 106 valence electrons. The van der Waals surface area contributed by atoms with Crippen molar-refractivity contribution >= 4 is 18.1 Å². The van der Waals surface area contributed by atoms with Crippen LogP contribution in [0.2, 0.25) is 0 Å². The highest BCUT2D eigenvalue weighted by Gasteiger charge is 2.16. The largest absolute Gasteiger partial charge is 0.461 e. The van der Waals surface area contributed by atoms with Crippen LogP contribution in [0.25, 0.3) is 12.2 Å².